The number of carbonyl (C=O) groups excluding carboxylic acids is 1. The van der Waals surface area contributed by atoms with Crippen LogP contribution < -0.4 is 10.2 Å². The van der Waals surface area contributed by atoms with Crippen molar-refractivity contribution in [3.05, 3.63) is 23.6 Å². The highest BCUT2D eigenvalue weighted by molar-refractivity contribution is 6.32. The number of halogens is 3. The molecule has 8 nitrogen and oxygen atoms in total. The summed E-state index contributed by atoms with van der Waals surface area (Å²) in [6, 6.07) is 0. The largest absolute Gasteiger partial charge is 0.354 e. The zero-order valence-electron chi connectivity index (χ0n) is 18.0. The Morgan fingerprint density at radius 3 is 2.42 bits per heavy atom. The summed E-state index contributed by atoms with van der Waals surface area (Å²) in [6.45, 7) is 7.04. The van der Waals surface area contributed by atoms with Gasteiger partial charge in [-0.3, -0.25) is 9.48 Å². The number of nitrogens with zero attached hydrogens (tertiary/aromatic N) is 6. The fraction of sp³-hybridized carbons (Fsp3) is 0.600. The summed E-state index contributed by atoms with van der Waals surface area (Å²) in [6.07, 6.45) is 4.28. The molecule has 2 aromatic rings. The topological polar surface area (TPSA) is 79.2 Å². The third kappa shape index (κ3) is 4.17. The van der Waals surface area contributed by atoms with Crippen LogP contribution >= 0.6 is 11.6 Å². The predicted molar refractivity (Wildman–Crippen MR) is 114 cm³/mol. The van der Waals surface area contributed by atoms with E-state index in [2.05, 4.69) is 39.1 Å². The third-order valence-corrected chi connectivity index (χ3v) is 6.68. The highest BCUT2D eigenvalue weighted by atomic mass is 35.5. The molecule has 2 fully saturated rings. The number of aromatic nitrogens is 4. The van der Waals surface area contributed by atoms with Gasteiger partial charge in [-0.15, -0.1) is 0 Å². The molecule has 1 N–H and O–H groups in total. The van der Waals surface area contributed by atoms with Gasteiger partial charge < -0.3 is 15.1 Å². The molecule has 0 radical (unpaired) electrons. The van der Waals surface area contributed by atoms with Gasteiger partial charge in [-0.05, 0) is 6.92 Å². The van der Waals surface area contributed by atoms with E-state index in [1.54, 1.807) is 22.0 Å². The SMILES string of the molecule is Cn1cc(Nc2ncc(Cl)c(N3C[C@]4(C)CN(C(=O)CC(C)(F)F)C[C@]4(C)C3)n2)cn1. The number of anilines is 3. The minimum atomic E-state index is -3.01. The van der Waals surface area contributed by atoms with Crippen molar-refractivity contribution in [3.8, 4) is 0 Å². The van der Waals surface area contributed by atoms with Crippen molar-refractivity contribution in [2.75, 3.05) is 36.4 Å². The molecule has 2 aliphatic rings. The van der Waals surface area contributed by atoms with Gasteiger partial charge in [0.15, 0.2) is 5.82 Å². The number of nitrogens with one attached hydrogen (secondary N) is 1. The summed E-state index contributed by atoms with van der Waals surface area (Å²) in [5.74, 6) is -2.49. The number of amides is 1. The van der Waals surface area contributed by atoms with Gasteiger partial charge in [0.2, 0.25) is 11.9 Å². The van der Waals surface area contributed by atoms with E-state index in [1.807, 2.05) is 13.2 Å². The second kappa shape index (κ2) is 7.29. The van der Waals surface area contributed by atoms with Gasteiger partial charge in [0.1, 0.15) is 5.02 Å². The molecule has 0 aromatic carbocycles. The summed E-state index contributed by atoms with van der Waals surface area (Å²) in [5.41, 5.74) is 0.225. The lowest BCUT2D eigenvalue weighted by molar-refractivity contribution is -0.137. The number of rotatable bonds is 5. The second-order valence-corrected chi connectivity index (χ2v) is 9.77. The normalized spacial score (nSPS) is 25.8. The van der Waals surface area contributed by atoms with Crippen molar-refractivity contribution < 1.29 is 13.6 Å². The lowest BCUT2D eigenvalue weighted by atomic mass is 9.71. The highest BCUT2D eigenvalue weighted by Gasteiger charge is 2.59. The van der Waals surface area contributed by atoms with E-state index in [4.69, 9.17) is 11.6 Å². The summed E-state index contributed by atoms with van der Waals surface area (Å²) in [7, 11) is 1.82. The first-order valence-corrected chi connectivity index (χ1v) is 10.4. The number of fused-ring (bicyclic) bond motifs is 1. The predicted octanol–water partition coefficient (Wildman–Crippen LogP) is 3.33. The average Bonchev–Trinajstić information content (AvgIpc) is 3.23. The summed E-state index contributed by atoms with van der Waals surface area (Å²) < 4.78 is 28.3. The third-order valence-electron chi connectivity index (χ3n) is 6.42. The highest BCUT2D eigenvalue weighted by Crippen LogP contribution is 2.53. The summed E-state index contributed by atoms with van der Waals surface area (Å²) in [4.78, 5) is 24.9. The van der Waals surface area contributed by atoms with Crippen LogP contribution in [0.3, 0.4) is 0 Å². The van der Waals surface area contributed by atoms with Crippen molar-refractivity contribution in [1.29, 1.82) is 0 Å². The second-order valence-electron chi connectivity index (χ2n) is 9.37. The van der Waals surface area contributed by atoms with Gasteiger partial charge in [0.25, 0.3) is 5.92 Å². The minimum absolute atomic E-state index is 0.267. The Balaban J connectivity index is 1.51. The van der Waals surface area contributed by atoms with Gasteiger partial charge in [0, 0.05) is 50.3 Å². The molecule has 2 atom stereocenters. The lowest BCUT2D eigenvalue weighted by Gasteiger charge is -2.29. The molecule has 0 aliphatic carbocycles. The van der Waals surface area contributed by atoms with Gasteiger partial charge >= 0.3 is 0 Å². The number of aryl methyl sites for hydroxylation is 1. The Kier molecular flexibility index (Phi) is 5.11. The molecular formula is C20H26ClF2N7O. The van der Waals surface area contributed by atoms with Crippen molar-refractivity contribution in [1.82, 2.24) is 24.6 Å². The maximum absolute atomic E-state index is 13.3. The number of alkyl halides is 2. The molecule has 2 saturated heterocycles. The molecule has 0 bridgehead atoms. The van der Waals surface area contributed by atoms with E-state index in [0.717, 1.165) is 12.6 Å². The molecule has 2 aliphatic heterocycles. The van der Waals surface area contributed by atoms with Crippen LogP contribution in [0.25, 0.3) is 0 Å². The monoisotopic (exact) mass is 453 g/mol. The van der Waals surface area contributed by atoms with Crippen molar-refractivity contribution >= 4 is 35.0 Å². The Hall–Kier alpha value is -2.49. The minimum Gasteiger partial charge on any atom is -0.354 e. The van der Waals surface area contributed by atoms with Crippen LogP contribution in [0.4, 0.5) is 26.2 Å². The quantitative estimate of drug-likeness (QED) is 0.748. The first-order valence-electron chi connectivity index (χ1n) is 10.1. The maximum atomic E-state index is 13.3. The van der Waals surface area contributed by atoms with Crippen LogP contribution in [0.1, 0.15) is 27.2 Å². The molecule has 1 amide bonds. The van der Waals surface area contributed by atoms with E-state index >= 15 is 0 Å². The van der Waals surface area contributed by atoms with Gasteiger partial charge in [0.05, 0.1) is 24.5 Å². The molecule has 4 heterocycles. The van der Waals surface area contributed by atoms with Crippen molar-refractivity contribution in [3.63, 3.8) is 0 Å². The van der Waals surface area contributed by atoms with Crippen LogP contribution in [0.5, 0.6) is 0 Å². The summed E-state index contributed by atoms with van der Waals surface area (Å²) in [5, 5.41) is 7.66. The summed E-state index contributed by atoms with van der Waals surface area (Å²) >= 11 is 6.42. The van der Waals surface area contributed by atoms with Gasteiger partial charge in [-0.2, -0.15) is 10.1 Å². The fourth-order valence-corrected chi connectivity index (χ4v) is 4.83. The van der Waals surface area contributed by atoms with Crippen molar-refractivity contribution in [2.24, 2.45) is 17.9 Å². The van der Waals surface area contributed by atoms with Crippen LogP contribution in [-0.4, -0.2) is 62.7 Å². The number of carbonyl (C=O) groups is 1. The number of hydrogen-bond donors (Lipinski definition) is 1. The van der Waals surface area contributed by atoms with E-state index in [1.165, 1.54) is 0 Å². The van der Waals surface area contributed by atoms with Crippen LogP contribution in [0, 0.1) is 10.8 Å². The van der Waals surface area contributed by atoms with E-state index in [0.29, 0.717) is 43.0 Å². The Morgan fingerprint density at radius 2 is 1.87 bits per heavy atom. The first kappa shape index (κ1) is 21.7. The van der Waals surface area contributed by atoms with Crippen LogP contribution in [-0.2, 0) is 11.8 Å². The average molecular weight is 454 g/mol. The lowest BCUT2D eigenvalue weighted by Crippen LogP contribution is -2.38. The Labute approximate surface area is 184 Å². The van der Waals surface area contributed by atoms with Crippen molar-refractivity contribution in [2.45, 2.75) is 33.1 Å². The fourth-order valence-electron chi connectivity index (χ4n) is 4.62. The Morgan fingerprint density at radius 1 is 1.23 bits per heavy atom. The zero-order valence-corrected chi connectivity index (χ0v) is 18.7. The van der Waals surface area contributed by atoms with Gasteiger partial charge in [-0.1, -0.05) is 25.4 Å². The molecule has 168 valence electrons. The molecule has 2 aromatic heterocycles. The number of likely N-dealkylation sites (tertiary alicyclic amines) is 1. The smallest absolute Gasteiger partial charge is 0.254 e. The molecule has 0 saturated carbocycles. The molecule has 31 heavy (non-hydrogen) atoms. The Bertz CT molecular complexity index is 990. The first-order chi connectivity index (χ1) is 14.4. The molecule has 0 unspecified atom stereocenters. The molecule has 0 spiro atoms. The maximum Gasteiger partial charge on any atom is 0.254 e. The van der Waals surface area contributed by atoms with E-state index < -0.39 is 18.3 Å². The molecular weight excluding hydrogens is 428 g/mol. The zero-order chi connectivity index (χ0) is 22.6. The van der Waals surface area contributed by atoms with Crippen LogP contribution in [0.15, 0.2) is 18.6 Å². The number of hydrogen-bond acceptors (Lipinski definition) is 6. The van der Waals surface area contributed by atoms with Gasteiger partial charge in [-0.25, -0.2) is 13.8 Å². The standard InChI is InChI=1S/C20H26ClF2N7O/c1-18-9-29(15(31)5-20(3,22)23)10-19(18,2)12-30(11-18)16-14(21)7-24-17(27-16)26-13-6-25-28(4)8-13/h6-8H,5,9-12H2,1-4H3,(H,24,26,27)/t18-,19+. The van der Waals surface area contributed by atoms with Crippen LogP contribution in [0.2, 0.25) is 5.02 Å². The molecule has 11 heteroatoms. The molecule has 4 rings (SSSR count). The van der Waals surface area contributed by atoms with E-state index in [-0.39, 0.29) is 10.8 Å². The van der Waals surface area contributed by atoms with E-state index in [9.17, 15) is 13.6 Å².